The van der Waals surface area contributed by atoms with Gasteiger partial charge >= 0.3 is 6.18 Å². The van der Waals surface area contributed by atoms with Crippen LogP contribution in [-0.4, -0.2) is 21.1 Å². The highest BCUT2D eigenvalue weighted by molar-refractivity contribution is 6.30. The predicted molar refractivity (Wildman–Crippen MR) is 86.2 cm³/mol. The molecule has 3 aromatic rings. The molecule has 0 unspecified atom stereocenters. The van der Waals surface area contributed by atoms with Crippen LogP contribution >= 0.6 is 11.6 Å². The fraction of sp³-hybridized carbons (Fsp3) is 0.0625. The molecule has 0 bridgehead atoms. The van der Waals surface area contributed by atoms with Gasteiger partial charge in [-0.1, -0.05) is 23.7 Å². The molecule has 0 saturated heterocycles. The number of aromatic amines is 1. The molecule has 0 fully saturated rings. The number of halogens is 5. The summed E-state index contributed by atoms with van der Waals surface area (Å²) in [4.78, 5) is 15.5. The highest BCUT2D eigenvalue weighted by atomic mass is 35.5. The van der Waals surface area contributed by atoms with Crippen molar-refractivity contribution < 1.29 is 22.4 Å². The highest BCUT2D eigenvalue weighted by Gasteiger charge is 2.35. The van der Waals surface area contributed by atoms with Crippen LogP contribution in [0.1, 0.15) is 16.2 Å². The summed E-state index contributed by atoms with van der Waals surface area (Å²) in [5, 5.41) is 7.87. The first-order chi connectivity index (χ1) is 12.2. The molecule has 10 heteroatoms. The molecule has 1 heterocycles. The van der Waals surface area contributed by atoms with Gasteiger partial charge in [-0.15, -0.1) is 0 Å². The van der Waals surface area contributed by atoms with Crippen LogP contribution in [0.2, 0.25) is 5.02 Å². The lowest BCUT2D eigenvalue weighted by Gasteiger charge is -2.07. The summed E-state index contributed by atoms with van der Waals surface area (Å²) in [6.07, 6.45) is -4.63. The maximum absolute atomic E-state index is 13.7. The van der Waals surface area contributed by atoms with E-state index >= 15 is 0 Å². The Morgan fingerprint density at radius 2 is 1.81 bits per heavy atom. The molecule has 1 amide bonds. The van der Waals surface area contributed by atoms with E-state index in [0.717, 1.165) is 6.07 Å². The molecule has 1 aromatic heterocycles. The number of aromatic nitrogens is 3. The van der Waals surface area contributed by atoms with Crippen LogP contribution in [0.4, 0.5) is 23.2 Å². The van der Waals surface area contributed by atoms with Gasteiger partial charge in [0, 0.05) is 16.1 Å². The number of amides is 1. The molecule has 0 aliphatic heterocycles. The number of carbonyl (C=O) groups is 1. The van der Waals surface area contributed by atoms with Crippen molar-refractivity contribution in [3.63, 3.8) is 0 Å². The van der Waals surface area contributed by atoms with E-state index in [1.54, 1.807) is 0 Å². The molecule has 0 saturated carbocycles. The molecule has 0 radical (unpaired) electrons. The number of rotatable bonds is 3. The first kappa shape index (κ1) is 17.9. The first-order valence-electron chi connectivity index (χ1n) is 7.10. The summed E-state index contributed by atoms with van der Waals surface area (Å²) in [5.74, 6) is -2.66. The fourth-order valence-electron chi connectivity index (χ4n) is 2.07. The van der Waals surface area contributed by atoms with Crippen molar-refractivity contribution >= 4 is 23.2 Å². The van der Waals surface area contributed by atoms with Crippen LogP contribution in [0.5, 0.6) is 0 Å². The van der Waals surface area contributed by atoms with Crippen molar-refractivity contribution in [2.24, 2.45) is 0 Å². The molecule has 26 heavy (non-hydrogen) atoms. The number of carbonyl (C=O) groups excluding carboxylic acids is 1. The molecule has 0 aliphatic carbocycles. The average Bonchev–Trinajstić information content (AvgIpc) is 3.08. The van der Waals surface area contributed by atoms with Gasteiger partial charge in [0.1, 0.15) is 5.82 Å². The molecule has 2 aromatic carbocycles. The summed E-state index contributed by atoms with van der Waals surface area (Å²) in [6.45, 7) is 0. The SMILES string of the molecule is O=C(Nc1ccc(Cl)cc1F)c1ccc(-c2n[nH]c(C(F)(F)F)n2)cc1. The Labute approximate surface area is 149 Å². The van der Waals surface area contributed by atoms with Gasteiger partial charge in [-0.25, -0.2) is 9.37 Å². The summed E-state index contributed by atoms with van der Waals surface area (Å²) >= 11 is 5.64. The number of alkyl halides is 3. The smallest absolute Gasteiger partial charge is 0.319 e. The molecular formula is C16H9ClF4N4O. The average molecular weight is 385 g/mol. The second-order valence-corrected chi connectivity index (χ2v) is 5.60. The molecule has 134 valence electrons. The number of nitrogens with one attached hydrogen (secondary N) is 2. The Morgan fingerprint density at radius 3 is 2.38 bits per heavy atom. The number of nitrogens with zero attached hydrogens (tertiary/aromatic N) is 2. The van der Waals surface area contributed by atoms with Gasteiger partial charge in [0.15, 0.2) is 5.82 Å². The molecule has 0 aliphatic rings. The Balaban J connectivity index is 1.76. The largest absolute Gasteiger partial charge is 0.451 e. The zero-order valence-electron chi connectivity index (χ0n) is 12.7. The predicted octanol–water partition coefficient (Wildman–Crippen LogP) is 4.54. The van der Waals surface area contributed by atoms with Crippen molar-refractivity contribution in [2.45, 2.75) is 6.18 Å². The van der Waals surface area contributed by atoms with E-state index in [4.69, 9.17) is 11.6 Å². The van der Waals surface area contributed by atoms with E-state index in [9.17, 15) is 22.4 Å². The van der Waals surface area contributed by atoms with E-state index in [1.807, 2.05) is 5.10 Å². The number of H-pyrrole nitrogens is 1. The zero-order chi connectivity index (χ0) is 18.9. The van der Waals surface area contributed by atoms with Gasteiger partial charge in [-0.05, 0) is 30.3 Å². The van der Waals surface area contributed by atoms with Crippen molar-refractivity contribution in [1.29, 1.82) is 0 Å². The van der Waals surface area contributed by atoms with Crippen LogP contribution in [-0.2, 0) is 6.18 Å². The van der Waals surface area contributed by atoms with Gasteiger partial charge in [0.2, 0.25) is 5.82 Å². The van der Waals surface area contributed by atoms with Crippen LogP contribution in [0.25, 0.3) is 11.4 Å². The van der Waals surface area contributed by atoms with Crippen molar-refractivity contribution in [3.8, 4) is 11.4 Å². The molecule has 5 nitrogen and oxygen atoms in total. The minimum atomic E-state index is -4.63. The van der Waals surface area contributed by atoms with Crippen molar-refractivity contribution in [1.82, 2.24) is 15.2 Å². The standard InChI is InChI=1S/C16H9ClF4N4O/c17-10-5-6-12(11(18)7-10)22-14(26)9-3-1-8(2-4-9)13-23-15(25-24-13)16(19,20)21/h1-7H,(H,22,26)(H,23,24,25). The second-order valence-electron chi connectivity index (χ2n) is 5.16. The van der Waals surface area contributed by atoms with Crippen LogP contribution in [0.3, 0.4) is 0 Å². The lowest BCUT2D eigenvalue weighted by atomic mass is 10.1. The third kappa shape index (κ3) is 3.83. The monoisotopic (exact) mass is 384 g/mol. The van der Waals surface area contributed by atoms with Gasteiger partial charge < -0.3 is 5.32 Å². The Bertz CT molecular complexity index is 954. The summed E-state index contributed by atoms with van der Waals surface area (Å²) < 4.78 is 51.3. The van der Waals surface area contributed by atoms with Gasteiger partial charge in [-0.2, -0.15) is 18.3 Å². The van der Waals surface area contributed by atoms with E-state index in [1.165, 1.54) is 36.4 Å². The summed E-state index contributed by atoms with van der Waals surface area (Å²) in [5.41, 5.74) is 0.410. The summed E-state index contributed by atoms with van der Waals surface area (Å²) in [6, 6.07) is 9.29. The Morgan fingerprint density at radius 1 is 1.12 bits per heavy atom. The molecule has 3 rings (SSSR count). The molecule has 0 atom stereocenters. The van der Waals surface area contributed by atoms with E-state index in [-0.39, 0.29) is 27.7 Å². The molecule has 2 N–H and O–H groups in total. The van der Waals surface area contributed by atoms with Crippen molar-refractivity contribution in [3.05, 3.63) is 64.7 Å². The first-order valence-corrected chi connectivity index (χ1v) is 7.48. The Kier molecular flexibility index (Phi) is 4.64. The third-order valence-electron chi connectivity index (χ3n) is 3.34. The molecular weight excluding hydrogens is 376 g/mol. The zero-order valence-corrected chi connectivity index (χ0v) is 13.5. The minimum Gasteiger partial charge on any atom is -0.319 e. The maximum atomic E-state index is 13.7. The van der Waals surface area contributed by atoms with E-state index in [2.05, 4.69) is 15.4 Å². The van der Waals surface area contributed by atoms with Crippen LogP contribution in [0, 0.1) is 5.82 Å². The highest BCUT2D eigenvalue weighted by Crippen LogP contribution is 2.27. The Hall–Kier alpha value is -2.94. The molecule has 0 spiro atoms. The fourth-order valence-corrected chi connectivity index (χ4v) is 2.23. The number of hydrogen-bond donors (Lipinski definition) is 2. The lowest BCUT2D eigenvalue weighted by Crippen LogP contribution is -2.12. The normalized spacial score (nSPS) is 11.4. The number of hydrogen-bond acceptors (Lipinski definition) is 3. The van der Waals surface area contributed by atoms with Gasteiger partial charge in [-0.3, -0.25) is 9.89 Å². The number of benzene rings is 2. The lowest BCUT2D eigenvalue weighted by molar-refractivity contribution is -0.144. The van der Waals surface area contributed by atoms with Gasteiger partial charge in [0.25, 0.3) is 5.91 Å². The van der Waals surface area contributed by atoms with Gasteiger partial charge in [0.05, 0.1) is 5.69 Å². The van der Waals surface area contributed by atoms with Crippen LogP contribution < -0.4 is 5.32 Å². The van der Waals surface area contributed by atoms with E-state index < -0.39 is 23.7 Å². The van der Waals surface area contributed by atoms with Crippen LogP contribution in [0.15, 0.2) is 42.5 Å². The van der Waals surface area contributed by atoms with E-state index in [0.29, 0.717) is 0 Å². The minimum absolute atomic E-state index is 0.0488. The quantitative estimate of drug-likeness (QED) is 0.651. The maximum Gasteiger partial charge on any atom is 0.451 e. The second kappa shape index (κ2) is 6.75. The number of anilines is 1. The summed E-state index contributed by atoms with van der Waals surface area (Å²) in [7, 11) is 0. The third-order valence-corrected chi connectivity index (χ3v) is 3.57. The van der Waals surface area contributed by atoms with Crippen molar-refractivity contribution in [2.75, 3.05) is 5.32 Å². The topological polar surface area (TPSA) is 70.7 Å².